The van der Waals surface area contributed by atoms with E-state index in [1.54, 1.807) is 0 Å². The molecule has 1 saturated carbocycles. The molecule has 4 nitrogen and oxygen atoms in total. The molecule has 1 amide bonds. The van der Waals surface area contributed by atoms with Crippen LogP contribution >= 0.6 is 0 Å². The fraction of sp³-hybridized carbons (Fsp3) is 0.667. The molecule has 1 heterocycles. The molecular formula is C21H33N3O. The van der Waals surface area contributed by atoms with Crippen molar-refractivity contribution >= 4 is 5.91 Å². The lowest BCUT2D eigenvalue weighted by Crippen LogP contribution is -2.48. The van der Waals surface area contributed by atoms with Crippen LogP contribution < -0.4 is 10.9 Å². The largest absolute Gasteiger partial charge is 0.341 e. The fourth-order valence-corrected chi connectivity index (χ4v) is 4.45. The lowest BCUT2D eigenvalue weighted by atomic mass is 9.81. The molecule has 3 rings (SSSR count). The van der Waals surface area contributed by atoms with Crippen LogP contribution in [0, 0.1) is 5.92 Å². The second-order valence-electron chi connectivity index (χ2n) is 8.27. The number of carbonyl (C=O) groups excluding carboxylic acids is 1. The quantitative estimate of drug-likeness (QED) is 0.861. The van der Waals surface area contributed by atoms with Gasteiger partial charge in [-0.3, -0.25) is 10.2 Å². The maximum atomic E-state index is 12.9. The van der Waals surface area contributed by atoms with Crippen molar-refractivity contribution in [3.8, 4) is 0 Å². The van der Waals surface area contributed by atoms with Gasteiger partial charge in [-0.15, -0.1) is 0 Å². The molecule has 1 aliphatic heterocycles. The van der Waals surface area contributed by atoms with Gasteiger partial charge < -0.3 is 4.90 Å². The van der Waals surface area contributed by atoms with Crippen LogP contribution in [0.5, 0.6) is 0 Å². The van der Waals surface area contributed by atoms with Crippen LogP contribution in [0.4, 0.5) is 0 Å². The number of hydrazine groups is 1. The smallest absolute Gasteiger partial charge is 0.241 e. The van der Waals surface area contributed by atoms with Gasteiger partial charge in [-0.1, -0.05) is 44.2 Å². The van der Waals surface area contributed by atoms with Crippen molar-refractivity contribution < 1.29 is 4.79 Å². The molecule has 0 spiro atoms. The molecule has 25 heavy (non-hydrogen) atoms. The highest BCUT2D eigenvalue weighted by molar-refractivity contribution is 5.82. The summed E-state index contributed by atoms with van der Waals surface area (Å²) in [4.78, 5) is 14.9. The lowest BCUT2D eigenvalue weighted by Gasteiger charge is -2.36. The molecule has 4 heteroatoms. The minimum absolute atomic E-state index is 0.0689. The number of carbonyl (C=O) groups is 1. The Labute approximate surface area is 152 Å². The standard InChI is InChI=1S/C21H33N3O/c1-15(2)13-18-14-20(23-22-18)21(25)24(3)19-11-9-17(10-12-19)16-7-5-4-6-8-16/h4-8,15,17-20,22-23H,9-14H2,1-3H3. The van der Waals surface area contributed by atoms with Crippen molar-refractivity contribution in [3.63, 3.8) is 0 Å². The molecule has 1 aromatic carbocycles. The molecule has 0 radical (unpaired) electrons. The third kappa shape index (κ3) is 4.62. The van der Waals surface area contributed by atoms with Crippen LogP contribution in [0.1, 0.15) is 63.9 Å². The van der Waals surface area contributed by atoms with Gasteiger partial charge in [-0.05, 0) is 55.9 Å². The van der Waals surface area contributed by atoms with Gasteiger partial charge in [0.25, 0.3) is 0 Å². The summed E-state index contributed by atoms with van der Waals surface area (Å²) in [7, 11) is 1.99. The highest BCUT2D eigenvalue weighted by Gasteiger charge is 2.34. The second-order valence-corrected chi connectivity index (χ2v) is 8.27. The van der Waals surface area contributed by atoms with Crippen LogP contribution in [0.25, 0.3) is 0 Å². The summed E-state index contributed by atoms with van der Waals surface area (Å²) >= 11 is 0. The van der Waals surface area contributed by atoms with Crippen molar-refractivity contribution in [2.24, 2.45) is 5.92 Å². The van der Waals surface area contributed by atoms with Gasteiger partial charge in [-0.2, -0.15) is 0 Å². The molecule has 2 aliphatic rings. The van der Waals surface area contributed by atoms with Gasteiger partial charge in [0.2, 0.25) is 5.91 Å². The Morgan fingerprint density at radius 1 is 1.12 bits per heavy atom. The van der Waals surface area contributed by atoms with Crippen molar-refractivity contribution in [1.29, 1.82) is 0 Å². The highest BCUT2D eigenvalue weighted by Crippen LogP contribution is 2.34. The van der Waals surface area contributed by atoms with Crippen LogP contribution in [0.15, 0.2) is 30.3 Å². The molecule has 1 aliphatic carbocycles. The maximum Gasteiger partial charge on any atom is 0.241 e. The SMILES string of the molecule is CC(C)CC1CC(C(=O)N(C)C2CCC(c3ccccc3)CC2)NN1. The molecule has 1 saturated heterocycles. The van der Waals surface area contributed by atoms with Crippen molar-refractivity contribution in [1.82, 2.24) is 15.8 Å². The number of nitrogens with one attached hydrogen (secondary N) is 2. The first-order chi connectivity index (χ1) is 12.0. The van der Waals surface area contributed by atoms with E-state index < -0.39 is 0 Å². The van der Waals surface area contributed by atoms with E-state index >= 15 is 0 Å². The minimum Gasteiger partial charge on any atom is -0.341 e. The molecule has 2 N–H and O–H groups in total. The summed E-state index contributed by atoms with van der Waals surface area (Å²) in [6.07, 6.45) is 6.59. The first-order valence-electron chi connectivity index (χ1n) is 9.87. The van der Waals surface area contributed by atoms with Crippen molar-refractivity contribution in [2.75, 3.05) is 7.05 Å². The van der Waals surface area contributed by atoms with Crippen LogP contribution in [-0.4, -0.2) is 36.0 Å². The van der Waals surface area contributed by atoms with E-state index in [1.165, 1.54) is 18.4 Å². The Balaban J connectivity index is 1.49. The highest BCUT2D eigenvalue weighted by atomic mass is 16.2. The number of hydrogen-bond donors (Lipinski definition) is 2. The van der Waals surface area contributed by atoms with E-state index in [0.717, 1.165) is 25.7 Å². The van der Waals surface area contributed by atoms with Crippen LogP contribution in [0.3, 0.4) is 0 Å². The Kier molecular flexibility index (Phi) is 6.13. The first kappa shape index (κ1) is 18.4. The zero-order valence-electron chi connectivity index (χ0n) is 15.9. The van der Waals surface area contributed by atoms with Crippen LogP contribution in [0.2, 0.25) is 0 Å². The first-order valence-corrected chi connectivity index (χ1v) is 9.87. The van der Waals surface area contributed by atoms with E-state index in [2.05, 4.69) is 55.0 Å². The molecule has 2 unspecified atom stereocenters. The Morgan fingerprint density at radius 2 is 1.80 bits per heavy atom. The molecular weight excluding hydrogens is 310 g/mol. The third-order valence-corrected chi connectivity index (χ3v) is 5.90. The van der Waals surface area contributed by atoms with E-state index in [4.69, 9.17) is 0 Å². The normalized spacial score (nSPS) is 29.8. The number of rotatable bonds is 5. The summed E-state index contributed by atoms with van der Waals surface area (Å²) in [6.45, 7) is 4.46. The summed E-state index contributed by atoms with van der Waals surface area (Å²) in [5.74, 6) is 1.56. The number of hydrogen-bond acceptors (Lipinski definition) is 3. The second kappa shape index (κ2) is 8.33. The van der Waals surface area contributed by atoms with E-state index in [-0.39, 0.29) is 11.9 Å². The average Bonchev–Trinajstić information content (AvgIpc) is 3.09. The number of nitrogens with zero attached hydrogens (tertiary/aromatic N) is 1. The van der Waals surface area contributed by atoms with Gasteiger partial charge in [0, 0.05) is 19.1 Å². The number of amides is 1. The van der Waals surface area contributed by atoms with Crippen molar-refractivity contribution in [2.45, 2.75) is 76.4 Å². The van der Waals surface area contributed by atoms with Gasteiger partial charge in [0.1, 0.15) is 6.04 Å². The summed E-state index contributed by atoms with van der Waals surface area (Å²) in [5.41, 5.74) is 7.98. The Morgan fingerprint density at radius 3 is 2.44 bits per heavy atom. The van der Waals surface area contributed by atoms with Gasteiger partial charge in [0.05, 0.1) is 0 Å². The lowest BCUT2D eigenvalue weighted by molar-refractivity contribution is -0.134. The van der Waals surface area contributed by atoms with Gasteiger partial charge in [0.15, 0.2) is 0 Å². The monoisotopic (exact) mass is 343 g/mol. The molecule has 1 aromatic rings. The van der Waals surface area contributed by atoms with Crippen LogP contribution in [-0.2, 0) is 4.79 Å². The van der Waals surface area contributed by atoms with Crippen molar-refractivity contribution in [3.05, 3.63) is 35.9 Å². The molecule has 138 valence electrons. The predicted octanol–water partition coefficient (Wildman–Crippen LogP) is 3.45. The zero-order valence-corrected chi connectivity index (χ0v) is 15.9. The Hall–Kier alpha value is -1.39. The predicted molar refractivity (Wildman–Crippen MR) is 102 cm³/mol. The molecule has 0 bridgehead atoms. The van der Waals surface area contributed by atoms with E-state index in [0.29, 0.717) is 23.9 Å². The zero-order chi connectivity index (χ0) is 17.8. The van der Waals surface area contributed by atoms with Gasteiger partial charge in [-0.25, -0.2) is 5.43 Å². The number of likely N-dealkylation sites (N-methyl/N-ethyl adjacent to an activating group) is 1. The van der Waals surface area contributed by atoms with E-state index in [9.17, 15) is 4.79 Å². The average molecular weight is 344 g/mol. The number of benzene rings is 1. The fourth-order valence-electron chi connectivity index (χ4n) is 4.45. The molecule has 2 fully saturated rings. The topological polar surface area (TPSA) is 44.4 Å². The van der Waals surface area contributed by atoms with Gasteiger partial charge >= 0.3 is 0 Å². The minimum atomic E-state index is -0.0689. The third-order valence-electron chi connectivity index (χ3n) is 5.90. The summed E-state index contributed by atoms with van der Waals surface area (Å²) in [5, 5.41) is 0. The maximum absolute atomic E-state index is 12.9. The summed E-state index contributed by atoms with van der Waals surface area (Å²) in [6, 6.07) is 11.5. The molecule has 2 atom stereocenters. The Bertz CT molecular complexity index is 552. The van der Waals surface area contributed by atoms with E-state index in [1.807, 2.05) is 11.9 Å². The summed E-state index contributed by atoms with van der Waals surface area (Å²) < 4.78 is 0. The molecule has 0 aromatic heterocycles.